The summed E-state index contributed by atoms with van der Waals surface area (Å²) in [5.41, 5.74) is 7.53. The van der Waals surface area contributed by atoms with E-state index in [-0.39, 0.29) is 11.8 Å². The van der Waals surface area contributed by atoms with Crippen molar-refractivity contribution in [2.75, 3.05) is 0 Å². The molecule has 29 heavy (non-hydrogen) atoms. The SMILES string of the molecule is CC(=O)c1ncn2c1[C@H](C)N=C(c1ccccc1)c1cc(C34CC(C3)C4)ccc1-2. The monoisotopic (exact) mass is 381 g/mol. The van der Waals surface area contributed by atoms with Gasteiger partial charge in [0, 0.05) is 18.1 Å². The molecule has 0 amide bonds. The van der Waals surface area contributed by atoms with E-state index in [0.29, 0.717) is 11.1 Å². The smallest absolute Gasteiger partial charge is 0.180 e. The third-order valence-electron chi connectivity index (χ3n) is 7.07. The largest absolute Gasteiger partial charge is 0.300 e. The molecule has 3 aliphatic carbocycles. The molecule has 1 aromatic heterocycles. The van der Waals surface area contributed by atoms with Crippen LogP contribution in [-0.2, 0) is 5.41 Å². The molecule has 2 bridgehead atoms. The highest BCUT2D eigenvalue weighted by molar-refractivity contribution is 6.15. The predicted octanol–water partition coefficient (Wildman–Crippen LogP) is 5.04. The summed E-state index contributed by atoms with van der Waals surface area (Å²) in [6, 6.07) is 17.1. The van der Waals surface area contributed by atoms with E-state index in [1.807, 2.05) is 6.07 Å². The Morgan fingerprint density at radius 2 is 1.86 bits per heavy atom. The second-order valence-electron chi connectivity index (χ2n) is 8.91. The Bertz CT molecular complexity index is 1170. The number of rotatable bonds is 3. The molecule has 4 aliphatic rings. The van der Waals surface area contributed by atoms with Crippen LogP contribution in [0.5, 0.6) is 0 Å². The number of carbonyl (C=O) groups is 1. The van der Waals surface area contributed by atoms with Gasteiger partial charge in [-0.3, -0.25) is 14.4 Å². The summed E-state index contributed by atoms with van der Waals surface area (Å²) >= 11 is 0. The molecular weight excluding hydrogens is 358 g/mol. The average Bonchev–Trinajstić information content (AvgIpc) is 3.05. The highest BCUT2D eigenvalue weighted by atomic mass is 16.1. The number of imidazole rings is 1. The first-order valence-electron chi connectivity index (χ1n) is 10.4. The van der Waals surface area contributed by atoms with E-state index in [2.05, 4.69) is 58.9 Å². The fraction of sp³-hybridized carbons (Fsp3) is 0.320. The first-order chi connectivity index (χ1) is 14.1. The molecular formula is C25H23N3O. The van der Waals surface area contributed by atoms with Crippen LogP contribution in [0.4, 0.5) is 0 Å². The molecule has 1 atom stereocenters. The van der Waals surface area contributed by atoms with Crippen molar-refractivity contribution >= 4 is 11.5 Å². The summed E-state index contributed by atoms with van der Waals surface area (Å²) in [6.07, 6.45) is 5.76. The Balaban J connectivity index is 1.61. The van der Waals surface area contributed by atoms with Crippen LogP contribution in [0.25, 0.3) is 5.69 Å². The van der Waals surface area contributed by atoms with Crippen LogP contribution in [0, 0.1) is 5.92 Å². The molecule has 144 valence electrons. The van der Waals surface area contributed by atoms with Crippen LogP contribution >= 0.6 is 0 Å². The van der Waals surface area contributed by atoms with Crippen molar-refractivity contribution < 1.29 is 4.79 Å². The number of ketones is 1. The molecule has 0 radical (unpaired) electrons. The number of nitrogens with zero attached hydrogens (tertiary/aromatic N) is 3. The van der Waals surface area contributed by atoms with Gasteiger partial charge < -0.3 is 0 Å². The van der Waals surface area contributed by atoms with Gasteiger partial charge in [0.05, 0.1) is 23.1 Å². The predicted molar refractivity (Wildman–Crippen MR) is 113 cm³/mol. The number of aliphatic imine (C=N–C) groups is 1. The minimum absolute atomic E-state index is 0.0176. The van der Waals surface area contributed by atoms with Crippen molar-refractivity contribution in [1.29, 1.82) is 0 Å². The van der Waals surface area contributed by atoms with E-state index in [4.69, 9.17) is 4.99 Å². The third kappa shape index (κ3) is 2.29. The van der Waals surface area contributed by atoms with Gasteiger partial charge in [-0.2, -0.15) is 0 Å². The zero-order valence-corrected chi connectivity index (χ0v) is 16.7. The zero-order valence-electron chi connectivity index (χ0n) is 16.7. The summed E-state index contributed by atoms with van der Waals surface area (Å²) < 4.78 is 2.07. The lowest BCUT2D eigenvalue weighted by Crippen LogP contribution is -2.55. The Morgan fingerprint density at radius 3 is 2.52 bits per heavy atom. The van der Waals surface area contributed by atoms with E-state index in [9.17, 15) is 4.79 Å². The maximum absolute atomic E-state index is 12.2. The number of carbonyl (C=O) groups excluding carboxylic acids is 1. The van der Waals surface area contributed by atoms with E-state index < -0.39 is 0 Å². The van der Waals surface area contributed by atoms with Crippen molar-refractivity contribution in [3.05, 3.63) is 82.9 Å². The number of benzene rings is 2. The normalized spacial score (nSPS) is 26.3. The van der Waals surface area contributed by atoms with Gasteiger partial charge in [0.2, 0.25) is 0 Å². The van der Waals surface area contributed by atoms with Crippen LogP contribution in [0.15, 0.2) is 59.9 Å². The zero-order chi connectivity index (χ0) is 19.8. The highest BCUT2D eigenvalue weighted by Crippen LogP contribution is 2.65. The fourth-order valence-electron chi connectivity index (χ4n) is 5.47. The summed E-state index contributed by atoms with van der Waals surface area (Å²) in [7, 11) is 0. The highest BCUT2D eigenvalue weighted by Gasteiger charge is 2.57. The summed E-state index contributed by atoms with van der Waals surface area (Å²) in [5.74, 6) is 0.922. The number of fused-ring (bicyclic) bond motifs is 3. The maximum Gasteiger partial charge on any atom is 0.180 e. The van der Waals surface area contributed by atoms with Crippen LogP contribution in [0.3, 0.4) is 0 Å². The number of hydrogen-bond acceptors (Lipinski definition) is 3. The molecule has 2 heterocycles. The van der Waals surface area contributed by atoms with Crippen molar-refractivity contribution in [2.24, 2.45) is 10.9 Å². The fourth-order valence-corrected chi connectivity index (χ4v) is 5.47. The summed E-state index contributed by atoms with van der Waals surface area (Å²) in [5, 5.41) is 0. The second kappa shape index (κ2) is 5.76. The molecule has 4 nitrogen and oxygen atoms in total. The van der Waals surface area contributed by atoms with Gasteiger partial charge >= 0.3 is 0 Å². The van der Waals surface area contributed by atoms with Crippen molar-refractivity contribution in [2.45, 2.75) is 44.6 Å². The Labute approximate surface area is 170 Å². The average molecular weight is 381 g/mol. The van der Waals surface area contributed by atoms with Crippen LogP contribution < -0.4 is 0 Å². The van der Waals surface area contributed by atoms with Gasteiger partial charge in [-0.15, -0.1) is 0 Å². The standard InChI is InChI=1S/C25H23N3O/c1-15-24-22(16(2)29)26-14-28(24)21-9-8-19(25-11-17(12-25)13-25)10-20(21)23(27-15)18-6-4-3-5-7-18/h3-10,14-15,17H,11-13H2,1-2H3/t15-,17?,25?/m0/s1. The van der Waals surface area contributed by atoms with Gasteiger partial charge in [-0.1, -0.05) is 36.4 Å². The topological polar surface area (TPSA) is 47.2 Å². The third-order valence-corrected chi connectivity index (χ3v) is 7.07. The van der Waals surface area contributed by atoms with Crippen molar-refractivity contribution in [3.63, 3.8) is 0 Å². The summed E-state index contributed by atoms with van der Waals surface area (Å²) in [6.45, 7) is 3.63. The Hall–Kier alpha value is -3.01. The molecule has 3 fully saturated rings. The molecule has 3 aromatic rings. The molecule has 3 saturated carbocycles. The number of Topliss-reactive ketones (excluding diaryl/α,β-unsaturated/α-hetero) is 1. The molecule has 0 N–H and O–H groups in total. The van der Waals surface area contributed by atoms with Gasteiger partial charge in [0.1, 0.15) is 12.0 Å². The molecule has 4 heteroatoms. The lowest BCUT2D eigenvalue weighted by atomic mass is 9.42. The Kier molecular flexibility index (Phi) is 3.35. The lowest BCUT2D eigenvalue weighted by molar-refractivity contribution is -0.0274. The number of aromatic nitrogens is 2. The molecule has 7 rings (SSSR count). The second-order valence-corrected chi connectivity index (χ2v) is 8.91. The first-order valence-corrected chi connectivity index (χ1v) is 10.4. The molecule has 1 aliphatic heterocycles. The van der Waals surface area contributed by atoms with Crippen LogP contribution in [0.1, 0.15) is 72.0 Å². The molecule has 0 unspecified atom stereocenters. The minimum atomic E-state index is -0.155. The van der Waals surface area contributed by atoms with Crippen molar-refractivity contribution in [3.8, 4) is 5.69 Å². The molecule has 0 saturated heterocycles. The Morgan fingerprint density at radius 1 is 1.10 bits per heavy atom. The van der Waals surface area contributed by atoms with Crippen LogP contribution in [0.2, 0.25) is 0 Å². The number of hydrogen-bond donors (Lipinski definition) is 0. The van der Waals surface area contributed by atoms with Gasteiger partial charge in [-0.05, 0) is 55.2 Å². The molecule has 0 spiro atoms. The lowest BCUT2D eigenvalue weighted by Gasteiger charge is -2.62. The maximum atomic E-state index is 12.2. The minimum Gasteiger partial charge on any atom is -0.300 e. The van der Waals surface area contributed by atoms with Gasteiger partial charge in [0.15, 0.2) is 5.78 Å². The van der Waals surface area contributed by atoms with E-state index in [1.54, 1.807) is 13.3 Å². The summed E-state index contributed by atoms with van der Waals surface area (Å²) in [4.78, 5) is 21.8. The van der Waals surface area contributed by atoms with E-state index >= 15 is 0 Å². The van der Waals surface area contributed by atoms with Crippen molar-refractivity contribution in [1.82, 2.24) is 9.55 Å². The quantitative estimate of drug-likeness (QED) is 0.597. The van der Waals surface area contributed by atoms with Gasteiger partial charge in [0.25, 0.3) is 0 Å². The van der Waals surface area contributed by atoms with Crippen LogP contribution in [-0.4, -0.2) is 21.0 Å². The first kappa shape index (κ1) is 16.9. The van der Waals surface area contributed by atoms with E-state index in [0.717, 1.165) is 34.1 Å². The van der Waals surface area contributed by atoms with E-state index in [1.165, 1.54) is 24.8 Å². The molecule has 2 aromatic carbocycles. The van der Waals surface area contributed by atoms with Gasteiger partial charge in [-0.25, -0.2) is 4.98 Å².